The maximum Gasteiger partial charge on any atom is 0.287 e. The highest BCUT2D eigenvalue weighted by Gasteiger charge is 2.24. The van der Waals surface area contributed by atoms with Crippen molar-refractivity contribution in [2.45, 2.75) is 70.7 Å². The van der Waals surface area contributed by atoms with Gasteiger partial charge in [-0.2, -0.15) is 5.10 Å². The van der Waals surface area contributed by atoms with Crippen molar-refractivity contribution in [3.8, 4) is 0 Å². The first-order chi connectivity index (χ1) is 17.0. The molecule has 3 heterocycles. The van der Waals surface area contributed by atoms with Crippen molar-refractivity contribution >= 4 is 45.2 Å². The summed E-state index contributed by atoms with van der Waals surface area (Å²) in [4.78, 5) is 12.9. The van der Waals surface area contributed by atoms with Gasteiger partial charge in [0.15, 0.2) is 0 Å². The summed E-state index contributed by atoms with van der Waals surface area (Å²) in [7, 11) is 1.70. The van der Waals surface area contributed by atoms with Gasteiger partial charge in [0.1, 0.15) is 10.8 Å². The normalized spacial score (nSPS) is 16.0. The molecule has 2 aromatic rings. The number of hydrogen-bond acceptors (Lipinski definition) is 6. The summed E-state index contributed by atoms with van der Waals surface area (Å²) in [5.41, 5.74) is 0.250. The van der Waals surface area contributed by atoms with Crippen LogP contribution < -0.4 is 10.9 Å². The van der Waals surface area contributed by atoms with Crippen molar-refractivity contribution in [3.05, 3.63) is 50.1 Å². The Morgan fingerprint density at radius 3 is 2.26 bits per heavy atom. The van der Waals surface area contributed by atoms with Gasteiger partial charge in [0, 0.05) is 37.8 Å². The highest BCUT2D eigenvalue weighted by molar-refractivity contribution is 9.10. The lowest BCUT2D eigenvalue weighted by Crippen LogP contribution is -2.36. The molecule has 10 heteroatoms. The summed E-state index contributed by atoms with van der Waals surface area (Å²) in [6.45, 7) is 11.5. The average molecular weight is 594 g/mol. The molecule has 1 aromatic carbocycles. The fourth-order valence-corrected chi connectivity index (χ4v) is 4.94. The number of anilines is 1. The molecule has 35 heavy (non-hydrogen) atoms. The monoisotopic (exact) mass is 592 g/mol. The fourth-order valence-electron chi connectivity index (χ4n) is 3.43. The molecule has 0 saturated carbocycles. The van der Waals surface area contributed by atoms with Crippen molar-refractivity contribution in [2.75, 3.05) is 38.7 Å². The molecule has 2 saturated heterocycles. The van der Waals surface area contributed by atoms with E-state index in [2.05, 4.69) is 30.7 Å². The molecule has 0 amide bonds. The van der Waals surface area contributed by atoms with Crippen LogP contribution in [0.15, 0.2) is 38.6 Å². The SMILES string of the molecule is C1CCOCC1.CC.CC.CNc1cnn(C2CCN(Sc3ccc(Br)cc3F)CC2)c(=O)c1Cl. The molecule has 0 atom stereocenters. The van der Waals surface area contributed by atoms with Crippen LogP contribution in [-0.2, 0) is 4.74 Å². The van der Waals surface area contributed by atoms with Gasteiger partial charge in [0.2, 0.25) is 0 Å². The predicted octanol–water partition coefficient (Wildman–Crippen LogP) is 7.42. The van der Waals surface area contributed by atoms with Gasteiger partial charge in [-0.15, -0.1) is 0 Å². The molecular formula is C25H39BrClFN4O2S. The molecule has 0 unspecified atom stereocenters. The van der Waals surface area contributed by atoms with Crippen LogP contribution in [0, 0.1) is 5.82 Å². The Bertz CT molecular complexity index is 911. The maximum atomic E-state index is 14.0. The van der Waals surface area contributed by atoms with Crippen LogP contribution in [0.25, 0.3) is 0 Å². The lowest BCUT2D eigenvalue weighted by molar-refractivity contribution is 0.0968. The number of halogens is 3. The third kappa shape index (κ3) is 10.4. The van der Waals surface area contributed by atoms with Crippen LogP contribution in [0.1, 0.15) is 65.8 Å². The van der Waals surface area contributed by atoms with E-state index < -0.39 is 0 Å². The van der Waals surface area contributed by atoms with E-state index in [-0.39, 0.29) is 22.4 Å². The Hall–Kier alpha value is -1.13. The average Bonchev–Trinajstić information content (AvgIpc) is 2.91. The number of nitrogens with one attached hydrogen (secondary N) is 1. The quantitative estimate of drug-likeness (QED) is 0.372. The minimum Gasteiger partial charge on any atom is -0.385 e. The van der Waals surface area contributed by atoms with Crippen molar-refractivity contribution in [3.63, 3.8) is 0 Å². The van der Waals surface area contributed by atoms with Crippen LogP contribution in [0.5, 0.6) is 0 Å². The van der Waals surface area contributed by atoms with E-state index >= 15 is 0 Å². The third-order valence-corrected chi connectivity index (χ3v) is 7.19. The Morgan fingerprint density at radius 1 is 1.14 bits per heavy atom. The zero-order valence-corrected chi connectivity index (χ0v) is 24.6. The van der Waals surface area contributed by atoms with Gasteiger partial charge >= 0.3 is 0 Å². The molecule has 6 nitrogen and oxygen atoms in total. The van der Waals surface area contributed by atoms with E-state index in [1.54, 1.807) is 19.3 Å². The van der Waals surface area contributed by atoms with E-state index in [4.69, 9.17) is 16.3 Å². The van der Waals surface area contributed by atoms with Gasteiger partial charge in [0.25, 0.3) is 5.56 Å². The Kier molecular flexibility index (Phi) is 16.6. The number of hydrogen-bond donors (Lipinski definition) is 1. The first-order valence-electron chi connectivity index (χ1n) is 12.4. The van der Waals surface area contributed by atoms with Gasteiger partial charge in [-0.25, -0.2) is 13.4 Å². The van der Waals surface area contributed by atoms with Crippen LogP contribution in [0.4, 0.5) is 10.1 Å². The van der Waals surface area contributed by atoms with Crippen molar-refractivity contribution in [1.29, 1.82) is 0 Å². The van der Waals surface area contributed by atoms with Crippen LogP contribution >= 0.6 is 39.5 Å². The fraction of sp³-hybridized carbons (Fsp3) is 0.600. The molecule has 1 aromatic heterocycles. The lowest BCUT2D eigenvalue weighted by Gasteiger charge is -2.31. The predicted molar refractivity (Wildman–Crippen MR) is 150 cm³/mol. The van der Waals surface area contributed by atoms with Gasteiger partial charge in [-0.3, -0.25) is 4.79 Å². The molecule has 2 aliphatic heterocycles. The zero-order chi connectivity index (χ0) is 26.2. The molecule has 2 aliphatic rings. The van der Waals surface area contributed by atoms with E-state index in [1.165, 1.54) is 42.0 Å². The molecule has 0 radical (unpaired) electrons. The van der Waals surface area contributed by atoms with Crippen molar-refractivity contribution < 1.29 is 9.13 Å². The van der Waals surface area contributed by atoms with Gasteiger partial charge < -0.3 is 10.1 Å². The molecule has 0 bridgehead atoms. The number of benzene rings is 1. The second kappa shape index (κ2) is 18.2. The van der Waals surface area contributed by atoms with Crippen LogP contribution in [-0.4, -0.2) is 47.4 Å². The molecule has 0 spiro atoms. The van der Waals surface area contributed by atoms with Crippen LogP contribution in [0.2, 0.25) is 5.02 Å². The molecule has 2 fully saturated rings. The van der Waals surface area contributed by atoms with E-state index in [9.17, 15) is 9.18 Å². The number of rotatable bonds is 4. The Balaban J connectivity index is 0.000000519. The highest BCUT2D eigenvalue weighted by Crippen LogP contribution is 2.32. The zero-order valence-electron chi connectivity index (χ0n) is 21.5. The highest BCUT2D eigenvalue weighted by atomic mass is 79.9. The minimum absolute atomic E-state index is 0.00233. The minimum atomic E-state index is -0.279. The maximum absolute atomic E-state index is 14.0. The van der Waals surface area contributed by atoms with Gasteiger partial charge in [-0.1, -0.05) is 55.2 Å². The van der Waals surface area contributed by atoms with E-state index in [0.717, 1.165) is 43.6 Å². The summed E-state index contributed by atoms with van der Waals surface area (Å²) in [5, 5.41) is 7.24. The number of piperidine rings is 1. The Labute approximate surface area is 227 Å². The second-order valence-corrected chi connectivity index (χ2v) is 9.80. The van der Waals surface area contributed by atoms with E-state index in [0.29, 0.717) is 10.6 Å². The summed E-state index contributed by atoms with van der Waals surface area (Å²) in [6.07, 6.45) is 7.02. The molecular weight excluding hydrogens is 555 g/mol. The number of ether oxygens (including phenoxy) is 1. The molecule has 1 N–H and O–H groups in total. The van der Waals surface area contributed by atoms with Gasteiger partial charge in [0.05, 0.1) is 22.8 Å². The smallest absolute Gasteiger partial charge is 0.287 e. The van der Waals surface area contributed by atoms with Crippen molar-refractivity contribution in [2.24, 2.45) is 0 Å². The van der Waals surface area contributed by atoms with Crippen LogP contribution in [0.3, 0.4) is 0 Å². The topological polar surface area (TPSA) is 59.4 Å². The molecule has 0 aliphatic carbocycles. The summed E-state index contributed by atoms with van der Waals surface area (Å²) in [6, 6.07) is 5.05. The summed E-state index contributed by atoms with van der Waals surface area (Å²) < 4.78 is 23.3. The second-order valence-electron chi connectivity index (χ2n) is 7.37. The summed E-state index contributed by atoms with van der Waals surface area (Å²) in [5.74, 6) is -0.242. The lowest BCUT2D eigenvalue weighted by atomic mass is 10.1. The molecule has 198 valence electrons. The summed E-state index contributed by atoms with van der Waals surface area (Å²) >= 11 is 10.8. The van der Waals surface area contributed by atoms with E-state index in [1.807, 2.05) is 33.8 Å². The third-order valence-electron chi connectivity index (χ3n) is 5.18. The van der Waals surface area contributed by atoms with Crippen molar-refractivity contribution in [1.82, 2.24) is 14.1 Å². The Morgan fingerprint density at radius 2 is 1.77 bits per heavy atom. The largest absolute Gasteiger partial charge is 0.385 e. The number of nitrogens with zero attached hydrogens (tertiary/aromatic N) is 3. The number of aromatic nitrogens is 2. The standard InChI is InChI=1S/C16H17BrClFN4OS.C5H10O.2C2H6/c1-20-13-9-21-23(16(24)15(13)18)11-4-6-22(7-5-11)25-14-3-2-10(17)8-12(14)19;1-2-4-6-5-3-1;2*1-2/h2-3,8-9,11,20H,4-7H2,1H3;1-5H2;2*1-2H3. The first kappa shape index (κ1) is 31.9. The van der Waals surface area contributed by atoms with Gasteiger partial charge in [-0.05, 0) is 62.3 Å². The first-order valence-corrected chi connectivity index (χ1v) is 14.3. The molecule has 4 rings (SSSR count).